The fourth-order valence-electron chi connectivity index (χ4n) is 5.61. The molecule has 2 atom stereocenters. The Hall–Kier alpha value is -4.37. The van der Waals surface area contributed by atoms with E-state index in [-0.39, 0.29) is 23.8 Å². The number of halogens is 1. The SMILES string of the molecule is Cc1nc2cc(-c3ccc4ncoc4c3)c(O[C@H]3CCN4C(=O)OC[C@@H]4C3)cc2c(=O)n1Cc1ccc(Cl)cc1. The fraction of sp³-hybridized carbons (Fsp3) is 0.267. The third kappa shape index (κ3) is 4.36. The first-order valence-electron chi connectivity index (χ1n) is 13.2. The number of cyclic esters (lactones) is 1. The Balaban J connectivity index is 1.32. The average molecular weight is 557 g/mol. The van der Waals surface area contributed by atoms with Gasteiger partial charge in [-0.3, -0.25) is 9.36 Å². The molecule has 0 N–H and O–H groups in total. The van der Waals surface area contributed by atoms with Crippen molar-refractivity contribution < 1.29 is 18.7 Å². The molecule has 0 aliphatic carbocycles. The topological polar surface area (TPSA) is 99.7 Å². The largest absolute Gasteiger partial charge is 0.490 e. The van der Waals surface area contributed by atoms with Crippen LogP contribution in [0.3, 0.4) is 0 Å². The normalized spacial score (nSPS) is 18.8. The lowest BCUT2D eigenvalue weighted by atomic mass is 9.99. The number of aryl methyl sites for hydroxylation is 1. The molecule has 10 heteroatoms. The number of oxazole rings is 1. The minimum absolute atomic E-state index is 0.0124. The number of hydrogen-bond donors (Lipinski definition) is 0. The molecule has 0 spiro atoms. The Kier molecular flexibility index (Phi) is 5.96. The maximum absolute atomic E-state index is 13.8. The molecule has 2 saturated heterocycles. The summed E-state index contributed by atoms with van der Waals surface area (Å²) in [6, 6.07) is 16.9. The van der Waals surface area contributed by atoms with Crippen molar-refractivity contribution in [3.63, 3.8) is 0 Å². The number of nitrogens with zero attached hydrogens (tertiary/aromatic N) is 4. The first-order valence-corrected chi connectivity index (χ1v) is 13.5. The minimum Gasteiger partial charge on any atom is -0.490 e. The zero-order chi connectivity index (χ0) is 27.4. The Morgan fingerprint density at radius 2 is 1.93 bits per heavy atom. The van der Waals surface area contributed by atoms with Gasteiger partial charge >= 0.3 is 6.09 Å². The molecule has 40 heavy (non-hydrogen) atoms. The Labute approximate surface area is 233 Å². The predicted molar refractivity (Wildman–Crippen MR) is 150 cm³/mol. The molecule has 2 aromatic heterocycles. The number of hydrogen-bond acceptors (Lipinski definition) is 7. The molecule has 0 radical (unpaired) electrons. The van der Waals surface area contributed by atoms with Crippen LogP contribution in [0.5, 0.6) is 5.75 Å². The monoisotopic (exact) mass is 556 g/mol. The highest BCUT2D eigenvalue weighted by atomic mass is 35.5. The second-order valence-corrected chi connectivity index (χ2v) is 10.7. The zero-order valence-electron chi connectivity index (χ0n) is 21.7. The summed E-state index contributed by atoms with van der Waals surface area (Å²) in [5, 5.41) is 1.11. The van der Waals surface area contributed by atoms with Gasteiger partial charge in [-0.15, -0.1) is 0 Å². The van der Waals surface area contributed by atoms with Gasteiger partial charge in [0, 0.05) is 30.0 Å². The Morgan fingerprint density at radius 3 is 2.77 bits per heavy atom. The molecular formula is C30H25ClN4O5. The van der Waals surface area contributed by atoms with E-state index in [1.165, 1.54) is 6.39 Å². The second-order valence-electron chi connectivity index (χ2n) is 10.3. The van der Waals surface area contributed by atoms with Crippen molar-refractivity contribution in [2.24, 2.45) is 0 Å². The molecule has 5 aromatic rings. The van der Waals surface area contributed by atoms with Crippen LogP contribution < -0.4 is 10.3 Å². The lowest BCUT2D eigenvalue weighted by molar-refractivity contribution is 0.0941. The van der Waals surface area contributed by atoms with Gasteiger partial charge in [-0.25, -0.2) is 14.8 Å². The van der Waals surface area contributed by atoms with E-state index in [1.54, 1.807) is 15.5 Å². The quantitative estimate of drug-likeness (QED) is 0.279. The van der Waals surface area contributed by atoms with Crippen molar-refractivity contribution >= 4 is 39.7 Å². The first kappa shape index (κ1) is 24.7. The van der Waals surface area contributed by atoms with Gasteiger partial charge < -0.3 is 18.8 Å². The van der Waals surface area contributed by atoms with Crippen LogP contribution in [-0.2, 0) is 11.3 Å². The highest BCUT2D eigenvalue weighted by molar-refractivity contribution is 6.30. The standard InChI is InChI=1S/C30H25ClN4O5/c1-17-33-26-12-23(19-4-7-25-28(10-19)39-16-32-25)27(40-22-8-9-34-21(11-22)15-38-30(34)37)13-24(26)29(36)35(17)14-18-2-5-20(31)6-3-18/h2-7,10,12-13,16,21-22H,8-9,11,14-15H2,1H3/t21-,22-/m0/s1. The lowest BCUT2D eigenvalue weighted by Crippen LogP contribution is -2.44. The van der Waals surface area contributed by atoms with Crippen LogP contribution in [0, 0.1) is 6.92 Å². The van der Waals surface area contributed by atoms with Crippen LogP contribution in [0.4, 0.5) is 4.79 Å². The molecule has 4 heterocycles. The van der Waals surface area contributed by atoms with E-state index in [1.807, 2.05) is 55.5 Å². The summed E-state index contributed by atoms with van der Waals surface area (Å²) in [6.07, 6.45) is 2.32. The van der Waals surface area contributed by atoms with Crippen molar-refractivity contribution in [3.8, 4) is 16.9 Å². The van der Waals surface area contributed by atoms with E-state index >= 15 is 0 Å². The van der Waals surface area contributed by atoms with Crippen LogP contribution in [0.15, 0.2) is 70.2 Å². The van der Waals surface area contributed by atoms with Crippen molar-refractivity contribution in [1.29, 1.82) is 0 Å². The highest BCUT2D eigenvalue weighted by Gasteiger charge is 2.39. The van der Waals surface area contributed by atoms with Crippen molar-refractivity contribution in [2.75, 3.05) is 13.2 Å². The number of carbonyl (C=O) groups is 1. The summed E-state index contributed by atoms with van der Waals surface area (Å²) in [7, 11) is 0. The van der Waals surface area contributed by atoms with Gasteiger partial charge in [0.1, 0.15) is 29.8 Å². The van der Waals surface area contributed by atoms with Gasteiger partial charge in [-0.05, 0) is 54.4 Å². The molecule has 2 aliphatic heterocycles. The number of fused-ring (bicyclic) bond motifs is 3. The number of amides is 1. The molecule has 0 bridgehead atoms. The van der Waals surface area contributed by atoms with E-state index in [4.69, 9.17) is 30.5 Å². The summed E-state index contributed by atoms with van der Waals surface area (Å²) >= 11 is 6.05. The summed E-state index contributed by atoms with van der Waals surface area (Å²) in [5.74, 6) is 1.19. The molecule has 7 rings (SSSR count). The molecular weight excluding hydrogens is 532 g/mol. The van der Waals surface area contributed by atoms with Gasteiger partial charge in [0.15, 0.2) is 12.0 Å². The smallest absolute Gasteiger partial charge is 0.410 e. The lowest BCUT2D eigenvalue weighted by Gasteiger charge is -2.33. The molecule has 0 saturated carbocycles. The highest BCUT2D eigenvalue weighted by Crippen LogP contribution is 2.37. The molecule has 3 aromatic carbocycles. The van der Waals surface area contributed by atoms with E-state index in [9.17, 15) is 9.59 Å². The average Bonchev–Trinajstić information content (AvgIpc) is 3.58. The van der Waals surface area contributed by atoms with Crippen molar-refractivity contribution in [3.05, 3.63) is 87.8 Å². The van der Waals surface area contributed by atoms with Crippen molar-refractivity contribution in [2.45, 2.75) is 38.5 Å². The van der Waals surface area contributed by atoms with Crippen LogP contribution in [0.2, 0.25) is 5.02 Å². The predicted octanol–water partition coefficient (Wildman–Crippen LogP) is 5.58. The van der Waals surface area contributed by atoms with E-state index in [0.29, 0.717) is 65.6 Å². The van der Waals surface area contributed by atoms with Gasteiger partial charge in [-0.2, -0.15) is 0 Å². The first-order chi connectivity index (χ1) is 19.4. The van der Waals surface area contributed by atoms with Crippen molar-refractivity contribution in [1.82, 2.24) is 19.4 Å². The maximum atomic E-state index is 13.8. The van der Waals surface area contributed by atoms with Crippen LogP contribution in [-0.4, -0.2) is 50.8 Å². The second kappa shape index (κ2) is 9.67. The third-order valence-electron chi connectivity index (χ3n) is 7.74. The van der Waals surface area contributed by atoms with E-state index in [2.05, 4.69) is 4.98 Å². The number of ether oxygens (including phenoxy) is 2. The number of benzene rings is 3. The molecule has 0 unspecified atom stereocenters. The summed E-state index contributed by atoms with van der Waals surface area (Å²) in [5.41, 5.74) is 4.45. The number of aromatic nitrogens is 3. The van der Waals surface area contributed by atoms with Gasteiger partial charge in [0.25, 0.3) is 5.56 Å². The van der Waals surface area contributed by atoms with Gasteiger partial charge in [-0.1, -0.05) is 29.8 Å². The third-order valence-corrected chi connectivity index (χ3v) is 7.99. The number of carbonyl (C=O) groups excluding carboxylic acids is 1. The Bertz CT molecular complexity index is 1830. The van der Waals surface area contributed by atoms with Gasteiger partial charge in [0.05, 0.1) is 23.5 Å². The van der Waals surface area contributed by atoms with E-state index < -0.39 is 0 Å². The molecule has 9 nitrogen and oxygen atoms in total. The summed E-state index contributed by atoms with van der Waals surface area (Å²) < 4.78 is 19.1. The number of piperidine rings is 1. The molecule has 2 fully saturated rings. The zero-order valence-corrected chi connectivity index (χ0v) is 22.4. The van der Waals surface area contributed by atoms with Crippen LogP contribution in [0.25, 0.3) is 33.1 Å². The maximum Gasteiger partial charge on any atom is 0.410 e. The summed E-state index contributed by atoms with van der Waals surface area (Å²) in [6.45, 7) is 3.14. The van der Waals surface area contributed by atoms with E-state index in [0.717, 1.165) is 22.2 Å². The summed E-state index contributed by atoms with van der Waals surface area (Å²) in [4.78, 5) is 36.6. The fourth-order valence-corrected chi connectivity index (χ4v) is 5.74. The van der Waals surface area contributed by atoms with Crippen LogP contribution >= 0.6 is 11.6 Å². The molecule has 1 amide bonds. The Morgan fingerprint density at radius 1 is 1.07 bits per heavy atom. The molecule has 202 valence electrons. The van der Waals surface area contributed by atoms with Gasteiger partial charge in [0.2, 0.25) is 0 Å². The van der Waals surface area contributed by atoms with Crippen LogP contribution in [0.1, 0.15) is 24.2 Å². The number of rotatable bonds is 5. The molecule has 2 aliphatic rings. The minimum atomic E-state index is -0.266.